The topological polar surface area (TPSA) is 88.5 Å². The molecule has 18 heavy (non-hydrogen) atoms. The van der Waals surface area contributed by atoms with E-state index in [2.05, 4.69) is 0 Å². The number of phenolic OH excluding ortho intramolecular Hbond substituents is 1. The van der Waals surface area contributed by atoms with Gasteiger partial charge in [0.15, 0.2) is 0 Å². The highest BCUT2D eigenvalue weighted by molar-refractivity contribution is 5.90. The Bertz CT molecular complexity index is 602. The molecule has 1 heterocycles. The Morgan fingerprint density at radius 3 is 2.61 bits per heavy atom. The number of aromatic hydroxyl groups is 1. The Kier molecular flexibility index (Phi) is 3.00. The molecule has 0 saturated carbocycles. The molecule has 1 aromatic heterocycles. The van der Waals surface area contributed by atoms with Crippen LogP contribution in [0.25, 0.3) is 10.9 Å². The number of hydrogen-bond donors (Lipinski definition) is 3. The van der Waals surface area contributed by atoms with Crippen molar-refractivity contribution in [2.75, 3.05) is 0 Å². The number of carbonyl (C=O) groups is 1. The molecule has 0 aliphatic carbocycles. The van der Waals surface area contributed by atoms with Crippen LogP contribution in [0.3, 0.4) is 0 Å². The second kappa shape index (κ2) is 4.34. The minimum Gasteiger partial charge on any atom is -0.508 e. The first-order valence-electron chi connectivity index (χ1n) is 5.73. The first kappa shape index (κ1) is 12.4. The van der Waals surface area contributed by atoms with Gasteiger partial charge < -0.3 is 20.5 Å². The van der Waals surface area contributed by atoms with Crippen molar-refractivity contribution in [1.82, 2.24) is 4.57 Å². The summed E-state index contributed by atoms with van der Waals surface area (Å²) in [6.45, 7) is 3.97. The minimum absolute atomic E-state index is 0.151. The minimum atomic E-state index is -1.06. The van der Waals surface area contributed by atoms with Crippen molar-refractivity contribution < 1.29 is 15.0 Å². The predicted molar refractivity (Wildman–Crippen MR) is 68.6 cm³/mol. The molecule has 2 rings (SSSR count). The molecule has 0 fully saturated rings. The quantitative estimate of drug-likeness (QED) is 0.775. The number of rotatable bonds is 3. The molecule has 1 atom stereocenters. The number of carboxylic acids is 1. The van der Waals surface area contributed by atoms with Crippen molar-refractivity contribution in [2.45, 2.75) is 25.9 Å². The van der Waals surface area contributed by atoms with E-state index in [-0.39, 0.29) is 11.8 Å². The van der Waals surface area contributed by atoms with Gasteiger partial charge in [0.2, 0.25) is 0 Å². The van der Waals surface area contributed by atoms with Crippen LogP contribution >= 0.6 is 0 Å². The van der Waals surface area contributed by atoms with E-state index in [1.807, 2.05) is 18.4 Å². The molecule has 0 amide bonds. The normalized spacial score (nSPS) is 13.1. The fourth-order valence-corrected chi connectivity index (χ4v) is 2.07. The highest BCUT2D eigenvalue weighted by Gasteiger charge is 2.21. The summed E-state index contributed by atoms with van der Waals surface area (Å²) in [6, 6.07) is 3.95. The summed E-state index contributed by atoms with van der Waals surface area (Å²) in [7, 11) is 0. The lowest BCUT2D eigenvalue weighted by Gasteiger charge is -2.08. The van der Waals surface area contributed by atoms with Gasteiger partial charge in [0.1, 0.15) is 11.8 Å². The Hall–Kier alpha value is -2.01. The number of nitrogens with two attached hydrogens (primary N) is 1. The van der Waals surface area contributed by atoms with Crippen molar-refractivity contribution in [3.8, 4) is 5.75 Å². The van der Waals surface area contributed by atoms with E-state index >= 15 is 0 Å². The van der Waals surface area contributed by atoms with E-state index in [9.17, 15) is 9.90 Å². The zero-order chi connectivity index (χ0) is 13.4. The molecule has 0 radical (unpaired) electrons. The van der Waals surface area contributed by atoms with Crippen molar-refractivity contribution in [3.63, 3.8) is 0 Å². The summed E-state index contributed by atoms with van der Waals surface area (Å²) >= 11 is 0. The van der Waals surface area contributed by atoms with Crippen LogP contribution in [0.2, 0.25) is 0 Å². The molecule has 96 valence electrons. The molecule has 2 aromatic rings. The lowest BCUT2D eigenvalue weighted by molar-refractivity contribution is -0.138. The SMILES string of the molecule is CC(C)n1cc(C(N)C(=O)O)c2ccc(O)cc21. The molecule has 0 spiro atoms. The van der Waals surface area contributed by atoms with E-state index in [0.717, 1.165) is 10.9 Å². The zero-order valence-electron chi connectivity index (χ0n) is 10.3. The number of carboxylic acid groups (broad SMARTS) is 1. The van der Waals surface area contributed by atoms with Crippen LogP contribution in [-0.4, -0.2) is 20.7 Å². The van der Waals surface area contributed by atoms with Gasteiger partial charge in [-0.2, -0.15) is 0 Å². The summed E-state index contributed by atoms with van der Waals surface area (Å²) in [5.41, 5.74) is 7.03. The van der Waals surface area contributed by atoms with E-state index in [0.29, 0.717) is 5.56 Å². The lowest BCUT2D eigenvalue weighted by atomic mass is 10.1. The molecule has 5 nitrogen and oxygen atoms in total. The summed E-state index contributed by atoms with van der Waals surface area (Å²) in [6.07, 6.45) is 1.74. The van der Waals surface area contributed by atoms with Crippen LogP contribution in [0.15, 0.2) is 24.4 Å². The highest BCUT2D eigenvalue weighted by Crippen LogP contribution is 2.30. The van der Waals surface area contributed by atoms with Crippen LogP contribution in [0.5, 0.6) is 5.75 Å². The van der Waals surface area contributed by atoms with Crippen molar-refractivity contribution in [2.24, 2.45) is 5.73 Å². The third kappa shape index (κ3) is 1.93. The van der Waals surface area contributed by atoms with Crippen LogP contribution in [0.1, 0.15) is 31.5 Å². The average molecular weight is 248 g/mol. The van der Waals surface area contributed by atoms with E-state index < -0.39 is 12.0 Å². The summed E-state index contributed by atoms with van der Waals surface area (Å²) in [5.74, 6) is -0.913. The Labute approximate surface area is 104 Å². The highest BCUT2D eigenvalue weighted by atomic mass is 16.4. The first-order valence-corrected chi connectivity index (χ1v) is 5.73. The Morgan fingerprint density at radius 1 is 1.39 bits per heavy atom. The molecule has 1 unspecified atom stereocenters. The summed E-state index contributed by atoms with van der Waals surface area (Å²) in [5, 5.41) is 19.3. The van der Waals surface area contributed by atoms with Gasteiger partial charge in [0.05, 0.1) is 5.52 Å². The number of hydrogen-bond acceptors (Lipinski definition) is 3. The standard InChI is InChI=1S/C13H16N2O3/c1-7(2)15-6-10(12(14)13(17)18)9-4-3-8(16)5-11(9)15/h3-7,12,16H,14H2,1-2H3,(H,17,18). The third-order valence-corrected chi connectivity index (χ3v) is 3.01. The summed E-state index contributed by atoms with van der Waals surface area (Å²) in [4.78, 5) is 11.0. The first-order chi connectivity index (χ1) is 8.41. The molecule has 0 saturated heterocycles. The molecule has 0 aliphatic heterocycles. The van der Waals surface area contributed by atoms with Crippen molar-refractivity contribution in [1.29, 1.82) is 0 Å². The number of aromatic nitrogens is 1. The monoisotopic (exact) mass is 248 g/mol. The van der Waals surface area contributed by atoms with Gasteiger partial charge in [-0.25, -0.2) is 0 Å². The average Bonchev–Trinajstić information content (AvgIpc) is 2.66. The van der Waals surface area contributed by atoms with E-state index in [1.54, 1.807) is 18.3 Å². The van der Waals surface area contributed by atoms with Crippen LogP contribution in [0.4, 0.5) is 0 Å². The zero-order valence-corrected chi connectivity index (χ0v) is 10.3. The molecule has 0 aliphatic rings. The number of fused-ring (bicyclic) bond motifs is 1. The van der Waals surface area contributed by atoms with Gasteiger partial charge in [0, 0.05) is 29.3 Å². The van der Waals surface area contributed by atoms with Gasteiger partial charge in [-0.1, -0.05) is 0 Å². The molecule has 4 N–H and O–H groups in total. The molecular weight excluding hydrogens is 232 g/mol. The maximum Gasteiger partial charge on any atom is 0.325 e. The summed E-state index contributed by atoms with van der Waals surface area (Å²) < 4.78 is 1.91. The number of aliphatic carboxylic acids is 1. The lowest BCUT2D eigenvalue weighted by Crippen LogP contribution is -2.20. The van der Waals surface area contributed by atoms with Gasteiger partial charge in [-0.3, -0.25) is 4.79 Å². The van der Waals surface area contributed by atoms with Gasteiger partial charge in [-0.05, 0) is 26.0 Å². The fourth-order valence-electron chi connectivity index (χ4n) is 2.07. The maximum atomic E-state index is 11.0. The number of benzene rings is 1. The van der Waals surface area contributed by atoms with E-state index in [1.165, 1.54) is 6.07 Å². The predicted octanol–water partition coefficient (Wildman–Crippen LogP) is 2.01. The fraction of sp³-hybridized carbons (Fsp3) is 0.308. The number of phenols is 1. The maximum absolute atomic E-state index is 11.0. The van der Waals surface area contributed by atoms with Crippen molar-refractivity contribution in [3.05, 3.63) is 30.0 Å². The largest absolute Gasteiger partial charge is 0.508 e. The third-order valence-electron chi connectivity index (χ3n) is 3.01. The smallest absolute Gasteiger partial charge is 0.325 e. The van der Waals surface area contributed by atoms with Crippen LogP contribution < -0.4 is 5.73 Å². The molecular formula is C13H16N2O3. The Balaban J connectivity index is 2.72. The van der Waals surface area contributed by atoms with E-state index in [4.69, 9.17) is 10.8 Å². The molecule has 5 heteroatoms. The molecule has 1 aromatic carbocycles. The van der Waals surface area contributed by atoms with Crippen molar-refractivity contribution >= 4 is 16.9 Å². The van der Waals surface area contributed by atoms with Gasteiger partial charge >= 0.3 is 5.97 Å². The van der Waals surface area contributed by atoms with Gasteiger partial charge in [0.25, 0.3) is 0 Å². The van der Waals surface area contributed by atoms with Crippen LogP contribution in [-0.2, 0) is 4.79 Å². The molecule has 0 bridgehead atoms. The van der Waals surface area contributed by atoms with Crippen LogP contribution in [0, 0.1) is 0 Å². The van der Waals surface area contributed by atoms with Gasteiger partial charge in [-0.15, -0.1) is 0 Å². The second-order valence-corrected chi connectivity index (χ2v) is 4.60. The number of nitrogens with zero attached hydrogens (tertiary/aromatic N) is 1. The second-order valence-electron chi connectivity index (χ2n) is 4.60. The Morgan fingerprint density at radius 2 is 2.06 bits per heavy atom.